The summed E-state index contributed by atoms with van der Waals surface area (Å²) in [4.78, 5) is 27.1. The fourth-order valence-corrected chi connectivity index (χ4v) is 5.51. The smallest absolute Gasteiger partial charge is 0.302 e. The van der Waals surface area contributed by atoms with Crippen molar-refractivity contribution in [2.24, 2.45) is 7.05 Å². The third kappa shape index (κ3) is 5.79. The number of fused-ring (bicyclic) bond motifs is 1. The van der Waals surface area contributed by atoms with E-state index in [1.54, 1.807) is 24.7 Å². The minimum absolute atomic E-state index is 0.0285. The van der Waals surface area contributed by atoms with Gasteiger partial charge in [-0.05, 0) is 37.1 Å². The van der Waals surface area contributed by atoms with Crippen LogP contribution in [0.25, 0.3) is 22.2 Å². The molecule has 2 aromatic heterocycles. The van der Waals surface area contributed by atoms with Crippen molar-refractivity contribution in [1.82, 2.24) is 19.1 Å². The maximum absolute atomic E-state index is 13.4. The zero-order chi connectivity index (χ0) is 26.5. The lowest BCUT2D eigenvalue weighted by atomic mass is 10.1. The number of sulfonamides is 1. The Morgan fingerprint density at radius 3 is 2.53 bits per heavy atom. The Kier molecular flexibility index (Phi) is 8.91. The molecule has 0 bridgehead atoms. The summed E-state index contributed by atoms with van der Waals surface area (Å²) in [5.41, 5.74) is 1.87. The molecule has 11 heteroatoms. The summed E-state index contributed by atoms with van der Waals surface area (Å²) in [6, 6.07) is 6.44. The normalized spacial score (nSPS) is 11.8. The second-order valence-electron chi connectivity index (χ2n) is 8.44. The molecule has 0 unspecified atom stereocenters. The number of aryl methyl sites for hydroxylation is 2. The summed E-state index contributed by atoms with van der Waals surface area (Å²) >= 11 is 0. The Labute approximate surface area is 211 Å². The van der Waals surface area contributed by atoms with Gasteiger partial charge in [-0.25, -0.2) is 8.42 Å². The second kappa shape index (κ2) is 11.7. The molecule has 0 spiro atoms. The molecule has 1 aromatic carbocycles. The van der Waals surface area contributed by atoms with Gasteiger partial charge in [0.25, 0.3) is 5.56 Å². The lowest BCUT2D eigenvalue weighted by Gasteiger charge is -2.21. The number of likely N-dealkylation sites (N-methyl/N-ethyl adjacent to an activating group) is 1. The topological polar surface area (TPSA) is 124 Å². The summed E-state index contributed by atoms with van der Waals surface area (Å²) in [6.07, 6.45) is 2.34. The van der Waals surface area contributed by atoms with Crippen molar-refractivity contribution in [3.63, 3.8) is 0 Å². The zero-order valence-electron chi connectivity index (χ0n) is 21.5. The number of hydrogen-bond donors (Lipinski definition) is 1. The summed E-state index contributed by atoms with van der Waals surface area (Å²) < 4.78 is 40.5. The summed E-state index contributed by atoms with van der Waals surface area (Å²) in [5, 5.41) is 5.23. The Morgan fingerprint density at radius 2 is 1.89 bits per heavy atom. The minimum Gasteiger partial charge on any atom is -0.493 e. The monoisotopic (exact) mass is 518 g/mol. The molecule has 10 nitrogen and oxygen atoms in total. The van der Waals surface area contributed by atoms with Crippen LogP contribution in [0.1, 0.15) is 46.2 Å². The Hall–Kier alpha value is -3.18. The molecule has 2 heterocycles. The number of nitrogens with one attached hydrogen (secondary N) is 1. The van der Waals surface area contributed by atoms with Crippen molar-refractivity contribution in [2.45, 2.75) is 51.9 Å². The van der Waals surface area contributed by atoms with Gasteiger partial charge in [-0.15, -0.1) is 0 Å². The SMILES string of the molecule is CCCOc1ccc(S(=O)(=O)N(CC)CCOC(C)=O)cc1-c1cc2c(CCC)nn(C)c2c(=O)[nH]1. The number of H-pyrrole nitrogens is 1. The molecule has 1 N–H and O–H groups in total. The highest BCUT2D eigenvalue weighted by Crippen LogP contribution is 2.33. The first-order chi connectivity index (χ1) is 17.1. The van der Waals surface area contributed by atoms with Gasteiger partial charge in [-0.2, -0.15) is 9.40 Å². The van der Waals surface area contributed by atoms with Gasteiger partial charge in [0.1, 0.15) is 17.9 Å². The van der Waals surface area contributed by atoms with Crippen LogP contribution in [0.5, 0.6) is 5.75 Å². The van der Waals surface area contributed by atoms with E-state index >= 15 is 0 Å². The van der Waals surface area contributed by atoms with Crippen molar-refractivity contribution in [2.75, 3.05) is 26.3 Å². The number of aromatic amines is 1. The number of benzene rings is 1. The summed E-state index contributed by atoms with van der Waals surface area (Å²) in [5.74, 6) is -0.00459. The number of aromatic nitrogens is 3. The molecule has 0 saturated carbocycles. The number of hydrogen-bond acceptors (Lipinski definition) is 7. The first kappa shape index (κ1) is 27.4. The van der Waals surface area contributed by atoms with Crippen molar-refractivity contribution in [3.05, 3.63) is 40.3 Å². The van der Waals surface area contributed by atoms with Crippen molar-refractivity contribution < 1.29 is 22.7 Å². The Bertz CT molecular complexity index is 1390. The minimum atomic E-state index is -3.90. The molecule has 0 aliphatic rings. The number of carbonyl (C=O) groups is 1. The predicted octanol–water partition coefficient (Wildman–Crippen LogP) is 3.24. The first-order valence-corrected chi connectivity index (χ1v) is 13.6. The number of nitrogens with zero attached hydrogens (tertiary/aromatic N) is 3. The second-order valence-corrected chi connectivity index (χ2v) is 10.4. The van der Waals surface area contributed by atoms with Crippen LogP contribution in [-0.4, -0.2) is 59.8 Å². The summed E-state index contributed by atoms with van der Waals surface area (Å²) in [7, 11) is -2.17. The van der Waals surface area contributed by atoms with Gasteiger partial charge in [-0.3, -0.25) is 14.3 Å². The van der Waals surface area contributed by atoms with Gasteiger partial charge in [0.15, 0.2) is 0 Å². The van der Waals surface area contributed by atoms with Gasteiger partial charge in [0.05, 0.1) is 22.9 Å². The van der Waals surface area contributed by atoms with Crippen molar-refractivity contribution in [3.8, 4) is 17.0 Å². The standard InChI is InChI=1S/C25H34N4O6S/c1-6-9-21-20-16-22(26-25(31)24(20)28(5)27-21)19-15-18(10-11-23(19)35-13-7-2)36(32,33)29(8-3)12-14-34-17(4)30/h10-11,15-16H,6-9,12-14H2,1-5H3,(H,26,31). The molecule has 0 aliphatic carbocycles. The van der Waals surface area contributed by atoms with E-state index in [9.17, 15) is 18.0 Å². The van der Waals surface area contributed by atoms with Gasteiger partial charge in [0.2, 0.25) is 10.0 Å². The lowest BCUT2D eigenvalue weighted by Crippen LogP contribution is -2.34. The average Bonchev–Trinajstić information content (AvgIpc) is 3.15. The Balaban J connectivity index is 2.14. The highest BCUT2D eigenvalue weighted by atomic mass is 32.2. The van der Waals surface area contributed by atoms with Crippen LogP contribution < -0.4 is 10.3 Å². The predicted molar refractivity (Wildman–Crippen MR) is 138 cm³/mol. The highest BCUT2D eigenvalue weighted by molar-refractivity contribution is 7.89. The van der Waals surface area contributed by atoms with E-state index in [0.29, 0.717) is 35.6 Å². The van der Waals surface area contributed by atoms with Gasteiger partial charge >= 0.3 is 5.97 Å². The lowest BCUT2D eigenvalue weighted by molar-refractivity contribution is -0.141. The van der Waals surface area contributed by atoms with E-state index in [4.69, 9.17) is 9.47 Å². The molecule has 0 amide bonds. The molecule has 0 atom stereocenters. The Morgan fingerprint density at radius 1 is 1.14 bits per heavy atom. The first-order valence-electron chi connectivity index (χ1n) is 12.1. The van der Waals surface area contributed by atoms with E-state index in [2.05, 4.69) is 10.1 Å². The van der Waals surface area contributed by atoms with E-state index in [1.165, 1.54) is 23.4 Å². The van der Waals surface area contributed by atoms with Crippen LogP contribution in [0.4, 0.5) is 0 Å². The van der Waals surface area contributed by atoms with Gasteiger partial charge in [0, 0.05) is 38.0 Å². The molecule has 0 fully saturated rings. The molecular weight excluding hydrogens is 484 g/mol. The van der Waals surface area contributed by atoms with Crippen LogP contribution in [0.3, 0.4) is 0 Å². The number of pyridine rings is 1. The third-order valence-corrected chi connectivity index (χ3v) is 7.71. The van der Waals surface area contributed by atoms with E-state index in [-0.39, 0.29) is 30.2 Å². The molecule has 0 radical (unpaired) electrons. The molecule has 0 aliphatic heterocycles. The summed E-state index contributed by atoms with van der Waals surface area (Å²) in [6.45, 7) is 7.63. The van der Waals surface area contributed by atoms with Crippen molar-refractivity contribution in [1.29, 1.82) is 0 Å². The third-order valence-electron chi connectivity index (χ3n) is 5.74. The number of carbonyl (C=O) groups excluding carboxylic acids is 1. The largest absolute Gasteiger partial charge is 0.493 e. The van der Waals surface area contributed by atoms with Crippen molar-refractivity contribution >= 4 is 26.9 Å². The number of ether oxygens (including phenoxy) is 2. The maximum Gasteiger partial charge on any atom is 0.302 e. The zero-order valence-corrected chi connectivity index (χ0v) is 22.3. The molecule has 0 saturated heterocycles. The van der Waals surface area contributed by atoms with Crippen LogP contribution >= 0.6 is 0 Å². The van der Waals surface area contributed by atoms with E-state index in [0.717, 1.165) is 23.9 Å². The molecular formula is C25H34N4O6S. The van der Waals surface area contributed by atoms with Gasteiger partial charge in [-0.1, -0.05) is 27.2 Å². The van der Waals surface area contributed by atoms with Crippen LogP contribution in [-0.2, 0) is 33.0 Å². The van der Waals surface area contributed by atoms with Crippen LogP contribution in [0.15, 0.2) is 34.0 Å². The number of esters is 1. The highest BCUT2D eigenvalue weighted by Gasteiger charge is 2.25. The van der Waals surface area contributed by atoms with E-state index < -0.39 is 16.0 Å². The van der Waals surface area contributed by atoms with Crippen LogP contribution in [0.2, 0.25) is 0 Å². The van der Waals surface area contributed by atoms with Crippen LogP contribution in [0, 0.1) is 0 Å². The van der Waals surface area contributed by atoms with E-state index in [1.807, 2.05) is 19.9 Å². The van der Waals surface area contributed by atoms with Gasteiger partial charge < -0.3 is 14.5 Å². The number of rotatable bonds is 12. The molecule has 196 valence electrons. The fourth-order valence-electron chi connectivity index (χ4n) is 4.05. The molecule has 3 aromatic rings. The molecule has 3 rings (SSSR count). The maximum atomic E-state index is 13.4. The fraction of sp³-hybridized carbons (Fsp3) is 0.480. The average molecular weight is 519 g/mol. The quantitative estimate of drug-likeness (QED) is 0.365. The molecule has 36 heavy (non-hydrogen) atoms.